The zero-order valence-corrected chi connectivity index (χ0v) is 14.7. The van der Waals surface area contributed by atoms with Gasteiger partial charge in [0.15, 0.2) is 11.5 Å². The van der Waals surface area contributed by atoms with Crippen LogP contribution < -0.4 is 9.47 Å². The van der Waals surface area contributed by atoms with E-state index in [1.165, 1.54) is 6.92 Å². The van der Waals surface area contributed by atoms with Crippen molar-refractivity contribution in [2.45, 2.75) is 39.9 Å². The number of hydrogen-bond donors (Lipinski definition) is 0. The molecule has 1 unspecified atom stereocenters. The summed E-state index contributed by atoms with van der Waals surface area (Å²) >= 11 is 0. The second-order valence-electron chi connectivity index (χ2n) is 5.78. The Bertz CT molecular complexity index is 680. The number of ether oxygens (including phenoxy) is 3. The molecule has 0 bridgehead atoms. The zero-order valence-electron chi connectivity index (χ0n) is 14.7. The summed E-state index contributed by atoms with van der Waals surface area (Å²) in [5, 5.41) is 0. The van der Waals surface area contributed by atoms with Crippen LogP contribution >= 0.6 is 0 Å². The highest BCUT2D eigenvalue weighted by Crippen LogP contribution is 2.34. The molecule has 0 radical (unpaired) electrons. The van der Waals surface area contributed by atoms with Gasteiger partial charge in [-0.3, -0.25) is 4.79 Å². The van der Waals surface area contributed by atoms with Crippen LogP contribution in [0.5, 0.6) is 11.5 Å². The van der Waals surface area contributed by atoms with Gasteiger partial charge in [-0.05, 0) is 36.6 Å². The first-order valence-electron chi connectivity index (χ1n) is 8.01. The van der Waals surface area contributed by atoms with E-state index >= 15 is 0 Å². The minimum Gasteiger partial charge on any atom is -0.493 e. The van der Waals surface area contributed by atoms with Crippen molar-refractivity contribution in [2.24, 2.45) is 0 Å². The van der Waals surface area contributed by atoms with E-state index in [2.05, 4.69) is 0 Å². The molecule has 0 aliphatic carbocycles. The van der Waals surface area contributed by atoms with Crippen molar-refractivity contribution in [3.8, 4) is 11.5 Å². The molecule has 0 N–H and O–H groups in total. The number of methoxy groups -OCH3 is 1. The van der Waals surface area contributed by atoms with Crippen LogP contribution in [0.25, 0.3) is 0 Å². The van der Waals surface area contributed by atoms with Gasteiger partial charge < -0.3 is 14.2 Å². The fraction of sp³-hybridized carbons (Fsp3) is 0.350. The van der Waals surface area contributed by atoms with Crippen molar-refractivity contribution in [3.63, 3.8) is 0 Å². The number of benzene rings is 2. The van der Waals surface area contributed by atoms with Crippen molar-refractivity contribution in [1.29, 1.82) is 0 Å². The first-order chi connectivity index (χ1) is 11.5. The van der Waals surface area contributed by atoms with E-state index in [1.807, 2.05) is 56.3 Å². The normalized spacial score (nSPS) is 11.7. The Morgan fingerprint density at radius 1 is 1.12 bits per heavy atom. The van der Waals surface area contributed by atoms with Crippen LogP contribution in [0, 0.1) is 6.92 Å². The predicted molar refractivity (Wildman–Crippen MR) is 93.4 cm³/mol. The summed E-state index contributed by atoms with van der Waals surface area (Å²) in [6.45, 7) is 5.78. The highest BCUT2D eigenvalue weighted by molar-refractivity contribution is 5.66. The molecule has 0 aromatic heterocycles. The number of carbonyl (C=O) groups excluding carboxylic acids is 1. The van der Waals surface area contributed by atoms with Crippen molar-refractivity contribution < 1.29 is 19.0 Å². The van der Waals surface area contributed by atoms with Gasteiger partial charge in [0.1, 0.15) is 12.7 Å². The summed E-state index contributed by atoms with van der Waals surface area (Å²) in [5.41, 5.74) is 3.18. The maximum absolute atomic E-state index is 11.1. The predicted octanol–water partition coefficient (Wildman–Crippen LogP) is 4.08. The van der Waals surface area contributed by atoms with Gasteiger partial charge in [-0.15, -0.1) is 0 Å². The molecule has 0 heterocycles. The molecule has 2 rings (SSSR count). The molecule has 0 aliphatic heterocycles. The largest absolute Gasteiger partial charge is 0.493 e. The SMILES string of the molecule is COc1c(OCc2ccccc2)ccc(CC(C)OC(C)=O)c1C. The average Bonchev–Trinajstić information content (AvgIpc) is 2.55. The lowest BCUT2D eigenvalue weighted by Gasteiger charge is -2.18. The molecule has 2 aromatic carbocycles. The molecule has 0 fully saturated rings. The molecule has 1 atom stereocenters. The van der Waals surface area contributed by atoms with Crippen molar-refractivity contribution in [2.75, 3.05) is 7.11 Å². The van der Waals surface area contributed by atoms with Crippen LogP contribution in [0.3, 0.4) is 0 Å². The fourth-order valence-corrected chi connectivity index (χ4v) is 2.67. The van der Waals surface area contributed by atoms with Crippen molar-refractivity contribution in [3.05, 3.63) is 59.2 Å². The first kappa shape index (κ1) is 17.9. The van der Waals surface area contributed by atoms with Gasteiger partial charge in [0.2, 0.25) is 0 Å². The lowest BCUT2D eigenvalue weighted by molar-refractivity contribution is -0.145. The Morgan fingerprint density at radius 3 is 2.46 bits per heavy atom. The topological polar surface area (TPSA) is 44.8 Å². The molecule has 0 amide bonds. The summed E-state index contributed by atoms with van der Waals surface area (Å²) in [6.07, 6.45) is 0.461. The second kappa shape index (κ2) is 8.39. The van der Waals surface area contributed by atoms with E-state index in [1.54, 1.807) is 7.11 Å². The number of esters is 1. The Morgan fingerprint density at radius 2 is 1.83 bits per heavy atom. The monoisotopic (exact) mass is 328 g/mol. The van der Waals surface area contributed by atoms with Crippen LogP contribution in [0.4, 0.5) is 0 Å². The molecular formula is C20H24O4. The third-order valence-corrected chi connectivity index (χ3v) is 3.80. The molecular weight excluding hydrogens is 304 g/mol. The standard InChI is InChI=1S/C20H24O4/c1-14(24-16(3)21)12-18-10-11-19(20(22-4)15(18)2)23-13-17-8-6-5-7-9-17/h5-11,14H,12-13H2,1-4H3. The van der Waals surface area contributed by atoms with E-state index in [0.29, 0.717) is 18.8 Å². The van der Waals surface area contributed by atoms with Crippen LogP contribution in [0.1, 0.15) is 30.5 Å². The molecule has 0 aliphatic rings. The minimum atomic E-state index is -0.269. The van der Waals surface area contributed by atoms with Gasteiger partial charge in [-0.1, -0.05) is 36.4 Å². The quantitative estimate of drug-likeness (QED) is 0.719. The maximum atomic E-state index is 11.1. The number of hydrogen-bond acceptors (Lipinski definition) is 4. The lowest BCUT2D eigenvalue weighted by atomic mass is 10.0. The average molecular weight is 328 g/mol. The first-order valence-corrected chi connectivity index (χ1v) is 8.01. The Labute approximate surface area is 143 Å². The summed E-state index contributed by atoms with van der Waals surface area (Å²) < 4.78 is 16.7. The smallest absolute Gasteiger partial charge is 0.302 e. The Hall–Kier alpha value is -2.49. The fourth-order valence-electron chi connectivity index (χ4n) is 2.67. The minimum absolute atomic E-state index is 0.179. The van der Waals surface area contributed by atoms with Gasteiger partial charge in [0, 0.05) is 13.3 Å². The van der Waals surface area contributed by atoms with E-state index in [-0.39, 0.29) is 12.1 Å². The van der Waals surface area contributed by atoms with Crippen LogP contribution in [0.15, 0.2) is 42.5 Å². The highest BCUT2D eigenvalue weighted by Gasteiger charge is 2.15. The van der Waals surface area contributed by atoms with Gasteiger partial charge in [-0.2, -0.15) is 0 Å². The van der Waals surface area contributed by atoms with E-state index in [0.717, 1.165) is 22.4 Å². The molecule has 24 heavy (non-hydrogen) atoms. The van der Waals surface area contributed by atoms with Crippen molar-refractivity contribution in [1.82, 2.24) is 0 Å². The molecule has 0 spiro atoms. The lowest BCUT2D eigenvalue weighted by Crippen LogP contribution is -2.15. The highest BCUT2D eigenvalue weighted by atomic mass is 16.5. The maximum Gasteiger partial charge on any atom is 0.302 e. The van der Waals surface area contributed by atoms with Gasteiger partial charge >= 0.3 is 5.97 Å². The van der Waals surface area contributed by atoms with Crippen LogP contribution in [0.2, 0.25) is 0 Å². The second-order valence-corrected chi connectivity index (χ2v) is 5.78. The zero-order chi connectivity index (χ0) is 17.5. The summed E-state index contributed by atoms with van der Waals surface area (Å²) in [5.74, 6) is 1.16. The van der Waals surface area contributed by atoms with Gasteiger partial charge in [0.05, 0.1) is 7.11 Å². The van der Waals surface area contributed by atoms with E-state index < -0.39 is 0 Å². The van der Waals surface area contributed by atoms with Crippen LogP contribution in [-0.2, 0) is 22.6 Å². The summed E-state index contributed by atoms with van der Waals surface area (Å²) in [6, 6.07) is 13.9. The van der Waals surface area contributed by atoms with E-state index in [4.69, 9.17) is 14.2 Å². The van der Waals surface area contributed by atoms with Gasteiger partial charge in [-0.25, -0.2) is 0 Å². The molecule has 2 aromatic rings. The van der Waals surface area contributed by atoms with E-state index in [9.17, 15) is 4.79 Å². The molecule has 0 saturated heterocycles. The Kier molecular flexibility index (Phi) is 6.24. The summed E-state index contributed by atoms with van der Waals surface area (Å²) in [4.78, 5) is 11.1. The molecule has 4 heteroatoms. The molecule has 0 saturated carbocycles. The Balaban J connectivity index is 2.13. The summed E-state index contributed by atoms with van der Waals surface area (Å²) in [7, 11) is 1.64. The number of carbonyl (C=O) groups is 1. The van der Waals surface area contributed by atoms with Gasteiger partial charge in [0.25, 0.3) is 0 Å². The molecule has 128 valence electrons. The van der Waals surface area contributed by atoms with Crippen LogP contribution in [-0.4, -0.2) is 19.2 Å². The molecule has 4 nitrogen and oxygen atoms in total. The third kappa shape index (κ3) is 4.75. The van der Waals surface area contributed by atoms with Crippen molar-refractivity contribution >= 4 is 5.97 Å². The number of rotatable bonds is 7. The third-order valence-electron chi connectivity index (χ3n) is 3.80.